The second kappa shape index (κ2) is 15.9. The molecule has 290 valence electrons. The third-order valence-corrected chi connectivity index (χ3v) is 12.8. The van der Waals surface area contributed by atoms with Gasteiger partial charge in [0.15, 0.2) is 0 Å². The second-order valence-electron chi connectivity index (χ2n) is 15.0. The lowest BCUT2D eigenvalue weighted by Gasteiger charge is -2.30. The Balaban J connectivity index is 1.19. The standard InChI is InChI=1S/C38H48N6O9S/c45-33-28-18-15-24-11-10-14-31(32(24)40-28)52-19-8-4-5-9-20-53-37(49)39-26-21-30-34(46)42-38(36(48)43-54(50,51)27-16-17-27)22-25(38)12-6-2-1-3-7-13-29(41-33)35(47)44(30)23-26/h6,10-12,14-15,18,25-27,29-30H,1-5,7-9,13,16-17,19-23H2,(H,39,49)(H,41,45)(H,42,46)(H,43,48)/t25-,26-,29+,30+,38-/m1/s1. The molecule has 2 aromatic rings. The van der Waals surface area contributed by atoms with Gasteiger partial charge < -0.3 is 30.3 Å². The Labute approximate surface area is 314 Å². The molecule has 7 rings (SSSR count). The molecule has 1 aromatic carbocycles. The van der Waals surface area contributed by atoms with Gasteiger partial charge in [-0.05, 0) is 82.8 Å². The summed E-state index contributed by atoms with van der Waals surface area (Å²) in [5, 5.41) is 8.67. The van der Waals surface area contributed by atoms with Crippen molar-refractivity contribution in [3.05, 3.63) is 48.2 Å². The molecule has 5 aliphatic rings. The summed E-state index contributed by atoms with van der Waals surface area (Å²) in [6, 6.07) is 6.07. The molecule has 5 atom stereocenters. The van der Waals surface area contributed by atoms with E-state index >= 15 is 0 Å². The Morgan fingerprint density at radius 3 is 2.48 bits per heavy atom. The van der Waals surface area contributed by atoms with E-state index in [1.54, 1.807) is 18.2 Å². The SMILES string of the molecule is O=C1N[C@@H]2C[C@H]3C(=O)N[C@]4(C(=O)NS(=O)(=O)C5CC5)C[C@H]4C=CCCCCC[C@H](NC(=O)c4ccc5cccc(c5n4)OCCCCCCO1)C(=O)N3C2. The van der Waals surface area contributed by atoms with E-state index in [9.17, 15) is 32.4 Å². The maximum atomic E-state index is 14.5. The van der Waals surface area contributed by atoms with Crippen LogP contribution in [0, 0.1) is 5.92 Å². The van der Waals surface area contributed by atoms with Crippen LogP contribution in [0.15, 0.2) is 42.5 Å². The Kier molecular flexibility index (Phi) is 11.1. The number of para-hydroxylation sites is 1. The molecule has 2 aliphatic carbocycles. The Morgan fingerprint density at radius 1 is 0.907 bits per heavy atom. The lowest BCUT2D eigenvalue weighted by Crippen LogP contribution is -2.58. The molecular formula is C38H48N6O9S. The van der Waals surface area contributed by atoms with Crippen molar-refractivity contribution in [1.82, 2.24) is 30.6 Å². The number of nitrogens with one attached hydrogen (secondary N) is 4. The summed E-state index contributed by atoms with van der Waals surface area (Å²) in [4.78, 5) is 75.1. The van der Waals surface area contributed by atoms with E-state index in [0.717, 1.165) is 37.5 Å². The average molecular weight is 765 g/mol. The van der Waals surface area contributed by atoms with Gasteiger partial charge in [-0.2, -0.15) is 0 Å². The van der Waals surface area contributed by atoms with Gasteiger partial charge in [0, 0.05) is 17.8 Å². The summed E-state index contributed by atoms with van der Waals surface area (Å²) in [6.07, 6.45) is 10.4. The van der Waals surface area contributed by atoms with Crippen LogP contribution in [0.3, 0.4) is 0 Å². The summed E-state index contributed by atoms with van der Waals surface area (Å²) in [6.45, 7) is 0.585. The van der Waals surface area contributed by atoms with Gasteiger partial charge in [0.05, 0.1) is 24.5 Å². The number of fused-ring (bicyclic) bond motifs is 4. The molecule has 3 fully saturated rings. The predicted molar refractivity (Wildman–Crippen MR) is 197 cm³/mol. The number of hydrogen-bond donors (Lipinski definition) is 4. The number of nitrogens with zero attached hydrogens (tertiary/aromatic N) is 2. The van der Waals surface area contributed by atoms with Gasteiger partial charge in [-0.15, -0.1) is 0 Å². The van der Waals surface area contributed by atoms with Crippen molar-refractivity contribution < 1.29 is 41.9 Å². The van der Waals surface area contributed by atoms with Gasteiger partial charge >= 0.3 is 6.09 Å². The summed E-state index contributed by atoms with van der Waals surface area (Å²) in [5.41, 5.74) is -0.892. The molecule has 2 saturated carbocycles. The van der Waals surface area contributed by atoms with E-state index in [1.807, 2.05) is 24.3 Å². The lowest BCUT2D eigenvalue weighted by atomic mass is 10.0. The van der Waals surface area contributed by atoms with Gasteiger partial charge in [0.2, 0.25) is 21.8 Å². The molecule has 0 radical (unpaired) electrons. The predicted octanol–water partition coefficient (Wildman–Crippen LogP) is 2.99. The lowest BCUT2D eigenvalue weighted by molar-refractivity contribution is -0.141. The van der Waals surface area contributed by atoms with Crippen LogP contribution in [0.1, 0.15) is 94.0 Å². The zero-order valence-electron chi connectivity index (χ0n) is 30.2. The van der Waals surface area contributed by atoms with Gasteiger partial charge in [-0.3, -0.25) is 23.9 Å². The van der Waals surface area contributed by atoms with Crippen LogP contribution in [0.25, 0.3) is 10.9 Å². The number of hydrogen-bond acceptors (Lipinski definition) is 10. The fourth-order valence-electron chi connectivity index (χ4n) is 7.61. The summed E-state index contributed by atoms with van der Waals surface area (Å²) >= 11 is 0. The minimum Gasteiger partial charge on any atom is -0.491 e. The fourth-order valence-corrected chi connectivity index (χ4v) is 8.98. The van der Waals surface area contributed by atoms with Crippen LogP contribution in [0.5, 0.6) is 5.75 Å². The topological polar surface area (TPSA) is 202 Å². The van der Waals surface area contributed by atoms with Crippen LogP contribution in [-0.4, -0.2) is 96.7 Å². The molecule has 4 N–H and O–H groups in total. The highest BCUT2D eigenvalue weighted by Crippen LogP contribution is 2.46. The van der Waals surface area contributed by atoms with Gasteiger partial charge in [-0.25, -0.2) is 18.2 Å². The minimum absolute atomic E-state index is 0.0148. The third-order valence-electron chi connectivity index (χ3n) is 11.0. The zero-order chi connectivity index (χ0) is 37.9. The van der Waals surface area contributed by atoms with Crippen molar-refractivity contribution in [1.29, 1.82) is 0 Å². The Morgan fingerprint density at radius 2 is 1.69 bits per heavy atom. The van der Waals surface area contributed by atoms with Crippen LogP contribution in [0.2, 0.25) is 0 Å². The Hall–Kier alpha value is -4.73. The quantitative estimate of drug-likeness (QED) is 0.337. The second-order valence-corrected chi connectivity index (χ2v) is 17.0. The highest BCUT2D eigenvalue weighted by atomic mass is 32.2. The molecule has 4 heterocycles. The largest absolute Gasteiger partial charge is 0.491 e. The monoisotopic (exact) mass is 764 g/mol. The highest BCUT2D eigenvalue weighted by Gasteiger charge is 2.62. The number of benzene rings is 1. The van der Waals surface area contributed by atoms with Crippen molar-refractivity contribution in [3.8, 4) is 5.75 Å². The number of carbonyl (C=O) groups excluding carboxylic acids is 5. The first-order valence-electron chi connectivity index (χ1n) is 19.2. The first kappa shape index (κ1) is 37.6. The van der Waals surface area contributed by atoms with Crippen molar-refractivity contribution in [3.63, 3.8) is 0 Å². The van der Waals surface area contributed by atoms with Crippen LogP contribution < -0.4 is 25.4 Å². The number of rotatable bonds is 3. The van der Waals surface area contributed by atoms with Gasteiger partial charge in [-0.1, -0.05) is 43.2 Å². The van der Waals surface area contributed by atoms with E-state index in [4.69, 9.17) is 9.47 Å². The molecule has 5 amide bonds. The molecule has 15 nitrogen and oxygen atoms in total. The van der Waals surface area contributed by atoms with Crippen LogP contribution in [0.4, 0.5) is 4.79 Å². The number of carbonyl (C=O) groups is 5. The molecular weight excluding hydrogens is 717 g/mol. The number of allylic oxidation sites excluding steroid dienone is 1. The van der Waals surface area contributed by atoms with Crippen molar-refractivity contribution in [2.75, 3.05) is 19.8 Å². The number of alkyl carbamates (subject to hydrolysis) is 1. The molecule has 5 bridgehead atoms. The van der Waals surface area contributed by atoms with E-state index in [-0.39, 0.29) is 38.1 Å². The summed E-state index contributed by atoms with van der Waals surface area (Å²) in [7, 11) is -3.90. The first-order valence-corrected chi connectivity index (χ1v) is 20.7. The van der Waals surface area contributed by atoms with Crippen molar-refractivity contribution in [2.24, 2.45) is 5.92 Å². The minimum atomic E-state index is -3.90. The van der Waals surface area contributed by atoms with Crippen LogP contribution in [-0.2, 0) is 29.1 Å². The molecule has 16 heteroatoms. The van der Waals surface area contributed by atoms with Crippen molar-refractivity contribution in [2.45, 2.75) is 112 Å². The number of aromatic nitrogens is 1. The van der Waals surface area contributed by atoms with Gasteiger partial charge in [0.25, 0.3) is 11.8 Å². The fraction of sp³-hybridized carbons (Fsp3) is 0.579. The highest BCUT2D eigenvalue weighted by molar-refractivity contribution is 7.91. The molecule has 54 heavy (non-hydrogen) atoms. The average Bonchev–Trinajstić information content (AvgIpc) is 4.07. The number of pyridine rings is 1. The maximum absolute atomic E-state index is 14.5. The smallest absolute Gasteiger partial charge is 0.407 e. The van der Waals surface area contributed by atoms with E-state index in [2.05, 4.69) is 25.7 Å². The first-order chi connectivity index (χ1) is 26.0. The zero-order valence-corrected chi connectivity index (χ0v) is 31.0. The maximum Gasteiger partial charge on any atom is 0.407 e. The normalized spacial score (nSPS) is 28.9. The number of amides is 5. The molecule has 0 spiro atoms. The third kappa shape index (κ3) is 8.48. The summed E-state index contributed by atoms with van der Waals surface area (Å²) < 4.78 is 39.3. The molecule has 3 aliphatic heterocycles. The van der Waals surface area contributed by atoms with E-state index in [1.165, 1.54) is 4.90 Å². The molecule has 1 aromatic heterocycles. The van der Waals surface area contributed by atoms with E-state index in [0.29, 0.717) is 50.0 Å². The summed E-state index contributed by atoms with van der Waals surface area (Å²) in [5.74, 6) is -2.46. The van der Waals surface area contributed by atoms with Crippen molar-refractivity contribution >= 4 is 50.6 Å². The molecule has 1 saturated heterocycles. The number of cyclic esters (lactones) is 1. The van der Waals surface area contributed by atoms with Gasteiger partial charge in [0.1, 0.15) is 34.6 Å². The van der Waals surface area contributed by atoms with E-state index < -0.39 is 74.6 Å². The van der Waals surface area contributed by atoms with Crippen LogP contribution >= 0.6 is 0 Å². The number of sulfonamides is 1. The Bertz CT molecular complexity index is 1930. The number of ether oxygens (including phenoxy) is 2. The molecule has 0 unspecified atom stereocenters.